The highest BCUT2D eigenvalue weighted by Gasteiger charge is 2.14. The summed E-state index contributed by atoms with van der Waals surface area (Å²) in [6, 6.07) is 7.12. The zero-order chi connectivity index (χ0) is 18.7. The molecule has 0 N–H and O–H groups in total. The van der Waals surface area contributed by atoms with Crippen molar-refractivity contribution in [2.45, 2.75) is 89.4 Å². The molecule has 0 heterocycles. The first-order valence-corrected chi connectivity index (χ1v) is 11.3. The summed E-state index contributed by atoms with van der Waals surface area (Å²) in [5, 5.41) is 0. The van der Waals surface area contributed by atoms with Crippen molar-refractivity contribution in [3.8, 4) is 0 Å². The molecular formula is C21H36O3S. The lowest BCUT2D eigenvalue weighted by Gasteiger charge is -2.17. The van der Waals surface area contributed by atoms with E-state index in [1.54, 1.807) is 12.1 Å². The highest BCUT2D eigenvalue weighted by Crippen LogP contribution is 2.26. The summed E-state index contributed by atoms with van der Waals surface area (Å²) < 4.78 is 27.9. The molecule has 1 rings (SSSR count). The molecule has 0 radical (unpaired) electrons. The molecule has 144 valence electrons. The van der Waals surface area contributed by atoms with Crippen molar-refractivity contribution in [2.24, 2.45) is 5.92 Å². The number of unbranched alkanes of at least 4 members (excludes halogenated alkanes) is 2. The van der Waals surface area contributed by atoms with Gasteiger partial charge in [-0.2, -0.15) is 8.42 Å². The first-order chi connectivity index (χ1) is 11.9. The Labute approximate surface area is 155 Å². The summed E-state index contributed by atoms with van der Waals surface area (Å²) in [5.74, 6) is 1.36. The predicted octanol–water partition coefficient (Wildman–Crippen LogP) is 6.29. The van der Waals surface area contributed by atoms with Gasteiger partial charge in [0.05, 0.1) is 12.0 Å². The van der Waals surface area contributed by atoms with Crippen molar-refractivity contribution >= 4 is 10.1 Å². The van der Waals surface area contributed by atoms with E-state index in [0.717, 1.165) is 12.3 Å². The molecule has 25 heavy (non-hydrogen) atoms. The molecule has 0 amide bonds. The van der Waals surface area contributed by atoms with Crippen LogP contribution in [0.2, 0.25) is 0 Å². The molecule has 0 fully saturated rings. The van der Waals surface area contributed by atoms with Gasteiger partial charge in [0.2, 0.25) is 0 Å². The molecule has 0 bridgehead atoms. The molecule has 2 unspecified atom stereocenters. The largest absolute Gasteiger partial charge is 0.296 e. The van der Waals surface area contributed by atoms with Crippen LogP contribution < -0.4 is 0 Å². The molecule has 0 saturated carbocycles. The van der Waals surface area contributed by atoms with E-state index in [0.29, 0.717) is 5.92 Å². The molecule has 0 spiro atoms. The van der Waals surface area contributed by atoms with E-state index in [1.165, 1.54) is 64.0 Å². The van der Waals surface area contributed by atoms with Gasteiger partial charge in [-0.1, -0.05) is 84.3 Å². The minimum absolute atomic E-state index is 0.226. The van der Waals surface area contributed by atoms with Crippen molar-refractivity contribution < 1.29 is 12.6 Å². The highest BCUT2D eigenvalue weighted by molar-refractivity contribution is 7.86. The average Bonchev–Trinajstić information content (AvgIpc) is 2.63. The van der Waals surface area contributed by atoms with E-state index in [9.17, 15) is 8.42 Å². The fourth-order valence-corrected chi connectivity index (χ4v) is 4.11. The van der Waals surface area contributed by atoms with Gasteiger partial charge in [-0.3, -0.25) is 4.18 Å². The number of hydrogen-bond donors (Lipinski definition) is 0. The van der Waals surface area contributed by atoms with Crippen LogP contribution in [-0.2, 0) is 14.3 Å². The van der Waals surface area contributed by atoms with Crippen molar-refractivity contribution in [3.63, 3.8) is 0 Å². The molecule has 0 aromatic heterocycles. The third kappa shape index (κ3) is 7.91. The molecule has 0 saturated heterocycles. The second-order valence-corrected chi connectivity index (χ2v) is 8.89. The standard InChI is InChI=1S/C21H36O3S/c1-5-7-12-19(10-6-2)13-9-8-11-18(3)20-14-16-21(17-15-20)25(22,23)24-4/h14-19H,5-13H2,1-4H3. The van der Waals surface area contributed by atoms with Crippen LogP contribution in [0.4, 0.5) is 0 Å². The molecule has 4 heteroatoms. The summed E-state index contributed by atoms with van der Waals surface area (Å²) in [6.07, 6.45) is 11.8. The highest BCUT2D eigenvalue weighted by atomic mass is 32.2. The van der Waals surface area contributed by atoms with Gasteiger partial charge in [-0.25, -0.2) is 0 Å². The van der Waals surface area contributed by atoms with E-state index < -0.39 is 10.1 Å². The number of rotatable bonds is 13. The molecule has 0 aliphatic carbocycles. The van der Waals surface area contributed by atoms with Crippen LogP contribution >= 0.6 is 0 Å². The van der Waals surface area contributed by atoms with Gasteiger partial charge in [0.15, 0.2) is 0 Å². The smallest absolute Gasteiger partial charge is 0.270 e. The molecule has 0 aliphatic rings. The quantitative estimate of drug-likeness (QED) is 0.303. The maximum Gasteiger partial charge on any atom is 0.296 e. The maximum absolute atomic E-state index is 11.7. The summed E-state index contributed by atoms with van der Waals surface area (Å²) in [7, 11) is -2.39. The normalized spacial score (nSPS) is 14.4. The summed E-state index contributed by atoms with van der Waals surface area (Å²) in [4.78, 5) is 0.226. The minimum Gasteiger partial charge on any atom is -0.270 e. The topological polar surface area (TPSA) is 43.4 Å². The fourth-order valence-electron chi connectivity index (χ4n) is 3.44. The first-order valence-electron chi connectivity index (χ1n) is 9.85. The second kappa shape index (κ2) is 11.7. The minimum atomic E-state index is -3.58. The van der Waals surface area contributed by atoms with Crippen LogP contribution in [0.15, 0.2) is 29.2 Å². The summed E-state index contributed by atoms with van der Waals surface area (Å²) in [6.45, 7) is 6.78. The summed E-state index contributed by atoms with van der Waals surface area (Å²) in [5.41, 5.74) is 1.20. The Kier molecular flexibility index (Phi) is 10.4. The lowest BCUT2D eigenvalue weighted by Crippen LogP contribution is -2.03. The summed E-state index contributed by atoms with van der Waals surface area (Å²) >= 11 is 0. The molecule has 1 aromatic rings. The Hall–Kier alpha value is -0.870. The first kappa shape index (κ1) is 22.2. The zero-order valence-electron chi connectivity index (χ0n) is 16.5. The SMILES string of the molecule is CCCCC(CCC)CCCCC(C)c1ccc(S(=O)(=O)OC)cc1. The molecule has 2 atom stereocenters. The average molecular weight is 369 g/mol. The van der Waals surface area contributed by atoms with Gasteiger partial charge in [-0.05, 0) is 36.0 Å². The van der Waals surface area contributed by atoms with Crippen LogP contribution in [-0.4, -0.2) is 15.5 Å². The third-order valence-electron chi connectivity index (χ3n) is 5.12. The van der Waals surface area contributed by atoms with Crippen molar-refractivity contribution in [2.75, 3.05) is 7.11 Å². The van der Waals surface area contributed by atoms with Crippen LogP contribution in [0.1, 0.15) is 90.0 Å². The Bertz CT molecular complexity index is 563. The van der Waals surface area contributed by atoms with E-state index in [1.807, 2.05) is 12.1 Å². The fraction of sp³-hybridized carbons (Fsp3) is 0.714. The van der Waals surface area contributed by atoms with E-state index in [4.69, 9.17) is 0 Å². The lowest BCUT2D eigenvalue weighted by molar-refractivity contribution is 0.382. The maximum atomic E-state index is 11.7. The van der Waals surface area contributed by atoms with Crippen LogP contribution in [0.5, 0.6) is 0 Å². The van der Waals surface area contributed by atoms with Gasteiger partial charge in [0, 0.05) is 0 Å². The Morgan fingerprint density at radius 2 is 1.48 bits per heavy atom. The lowest BCUT2D eigenvalue weighted by atomic mass is 9.89. The Morgan fingerprint density at radius 1 is 0.880 bits per heavy atom. The molecule has 3 nitrogen and oxygen atoms in total. The zero-order valence-corrected chi connectivity index (χ0v) is 17.3. The van der Waals surface area contributed by atoms with Gasteiger partial charge >= 0.3 is 0 Å². The van der Waals surface area contributed by atoms with E-state index in [2.05, 4.69) is 25.0 Å². The monoisotopic (exact) mass is 368 g/mol. The second-order valence-electron chi connectivity index (χ2n) is 7.17. The molecular weight excluding hydrogens is 332 g/mol. The Balaban J connectivity index is 2.42. The van der Waals surface area contributed by atoms with Crippen LogP contribution in [0.3, 0.4) is 0 Å². The van der Waals surface area contributed by atoms with Crippen molar-refractivity contribution in [3.05, 3.63) is 29.8 Å². The predicted molar refractivity (Wildman–Crippen MR) is 105 cm³/mol. The molecule has 0 aliphatic heterocycles. The van der Waals surface area contributed by atoms with Gasteiger partial charge in [0.25, 0.3) is 10.1 Å². The van der Waals surface area contributed by atoms with Crippen molar-refractivity contribution in [1.29, 1.82) is 0 Å². The number of hydrogen-bond acceptors (Lipinski definition) is 3. The van der Waals surface area contributed by atoms with Crippen LogP contribution in [0.25, 0.3) is 0 Å². The van der Waals surface area contributed by atoms with Gasteiger partial charge < -0.3 is 0 Å². The van der Waals surface area contributed by atoms with Gasteiger partial charge in [-0.15, -0.1) is 0 Å². The van der Waals surface area contributed by atoms with Gasteiger partial charge in [0.1, 0.15) is 0 Å². The third-order valence-corrected chi connectivity index (χ3v) is 6.41. The van der Waals surface area contributed by atoms with Crippen molar-refractivity contribution in [1.82, 2.24) is 0 Å². The Morgan fingerprint density at radius 3 is 2.04 bits per heavy atom. The molecule has 1 aromatic carbocycles. The van der Waals surface area contributed by atoms with E-state index >= 15 is 0 Å². The van der Waals surface area contributed by atoms with Crippen LogP contribution in [0, 0.1) is 5.92 Å². The van der Waals surface area contributed by atoms with E-state index in [-0.39, 0.29) is 4.90 Å². The number of benzene rings is 1.